The van der Waals surface area contributed by atoms with Gasteiger partial charge in [0.25, 0.3) is 0 Å². The maximum Gasteiger partial charge on any atom is 0.168 e. The molecule has 0 unspecified atom stereocenters. The van der Waals surface area contributed by atoms with Crippen LogP contribution >= 0.6 is 11.3 Å². The molecule has 1 saturated carbocycles. The average Bonchev–Trinajstić information content (AvgIpc) is 3.31. The van der Waals surface area contributed by atoms with Crippen molar-refractivity contribution in [3.05, 3.63) is 70.6 Å². The average molecular weight is 354 g/mol. The molecule has 3 heteroatoms. The third-order valence-corrected chi connectivity index (χ3v) is 6.11. The Morgan fingerprint density at radius 3 is 2.20 bits per heavy atom. The van der Waals surface area contributed by atoms with Gasteiger partial charge in [-0.05, 0) is 60.9 Å². The van der Waals surface area contributed by atoms with Gasteiger partial charge in [0.15, 0.2) is 11.6 Å². The Bertz CT molecular complexity index is 889. The van der Waals surface area contributed by atoms with Gasteiger partial charge >= 0.3 is 0 Å². The molecule has 128 valence electrons. The Morgan fingerprint density at radius 2 is 1.56 bits per heavy atom. The highest BCUT2D eigenvalue weighted by molar-refractivity contribution is 7.15. The van der Waals surface area contributed by atoms with E-state index < -0.39 is 11.6 Å². The molecule has 1 aromatic heterocycles. The van der Waals surface area contributed by atoms with Crippen LogP contribution in [0.1, 0.15) is 30.2 Å². The predicted molar refractivity (Wildman–Crippen MR) is 101 cm³/mol. The number of hydrogen-bond acceptors (Lipinski definition) is 1. The van der Waals surface area contributed by atoms with Gasteiger partial charge in [0.1, 0.15) is 0 Å². The number of hydrogen-bond donors (Lipinski definition) is 0. The van der Waals surface area contributed by atoms with E-state index in [4.69, 9.17) is 0 Å². The summed E-state index contributed by atoms with van der Waals surface area (Å²) in [5.74, 6) is -0.707. The lowest BCUT2D eigenvalue weighted by molar-refractivity contribution is 0.514. The quantitative estimate of drug-likeness (QED) is 0.469. The van der Waals surface area contributed by atoms with Crippen molar-refractivity contribution in [1.29, 1.82) is 0 Å². The Balaban J connectivity index is 1.65. The van der Waals surface area contributed by atoms with Crippen LogP contribution < -0.4 is 0 Å². The summed E-state index contributed by atoms with van der Waals surface area (Å²) in [5.41, 5.74) is 2.67. The standard InChI is InChI=1S/C22H20F2S/c1-2-17-9-12-20(25-17)19-11-10-18(21(23)22(19)24)16-7-5-15(6-8-16)13-14-3-4-14/h5-12,14H,2-4,13H2,1H3. The van der Waals surface area contributed by atoms with Crippen molar-refractivity contribution >= 4 is 11.3 Å². The Labute approximate surface area is 151 Å². The molecule has 0 N–H and O–H groups in total. The molecule has 0 amide bonds. The van der Waals surface area contributed by atoms with Gasteiger partial charge in [0.2, 0.25) is 0 Å². The molecule has 0 bridgehead atoms. The molecule has 1 aliphatic rings. The highest BCUT2D eigenvalue weighted by Crippen LogP contribution is 2.36. The second-order valence-electron chi connectivity index (χ2n) is 6.75. The minimum atomic E-state index is -0.765. The molecule has 3 aromatic rings. The van der Waals surface area contributed by atoms with Crippen LogP contribution in [0.3, 0.4) is 0 Å². The van der Waals surface area contributed by atoms with Crippen molar-refractivity contribution in [2.75, 3.05) is 0 Å². The first-order chi connectivity index (χ1) is 12.2. The van der Waals surface area contributed by atoms with Crippen molar-refractivity contribution in [2.24, 2.45) is 5.92 Å². The Hall–Kier alpha value is -2.00. The lowest BCUT2D eigenvalue weighted by atomic mass is 9.99. The second kappa shape index (κ2) is 6.72. The first kappa shape index (κ1) is 16.5. The van der Waals surface area contributed by atoms with E-state index in [1.807, 2.05) is 36.4 Å². The van der Waals surface area contributed by atoms with Crippen LogP contribution in [0.15, 0.2) is 48.5 Å². The fourth-order valence-electron chi connectivity index (χ4n) is 3.15. The first-order valence-corrected chi connectivity index (χ1v) is 9.63. The Morgan fingerprint density at radius 1 is 0.880 bits per heavy atom. The van der Waals surface area contributed by atoms with Gasteiger partial charge in [-0.2, -0.15) is 0 Å². The lowest BCUT2D eigenvalue weighted by Crippen LogP contribution is -1.93. The summed E-state index contributed by atoms with van der Waals surface area (Å²) in [6, 6.07) is 15.1. The monoisotopic (exact) mass is 354 g/mol. The van der Waals surface area contributed by atoms with Crippen molar-refractivity contribution in [3.8, 4) is 21.6 Å². The summed E-state index contributed by atoms with van der Waals surface area (Å²) < 4.78 is 29.3. The number of rotatable bonds is 5. The summed E-state index contributed by atoms with van der Waals surface area (Å²) >= 11 is 1.52. The summed E-state index contributed by atoms with van der Waals surface area (Å²) in [6.45, 7) is 2.06. The number of thiophene rings is 1. The fourth-order valence-corrected chi connectivity index (χ4v) is 4.12. The van der Waals surface area contributed by atoms with Crippen molar-refractivity contribution < 1.29 is 8.78 Å². The van der Waals surface area contributed by atoms with E-state index in [2.05, 4.69) is 6.92 Å². The topological polar surface area (TPSA) is 0 Å². The molecule has 4 rings (SSSR count). The van der Waals surface area contributed by atoms with Gasteiger partial charge in [-0.25, -0.2) is 8.78 Å². The Kier molecular flexibility index (Phi) is 4.43. The maximum absolute atomic E-state index is 14.7. The molecule has 0 aliphatic heterocycles. The molecule has 1 fully saturated rings. The second-order valence-corrected chi connectivity index (χ2v) is 7.92. The molecule has 0 atom stereocenters. The largest absolute Gasteiger partial charge is 0.203 e. The highest BCUT2D eigenvalue weighted by atomic mass is 32.1. The normalized spacial score (nSPS) is 14.0. The molecule has 1 aliphatic carbocycles. The summed E-state index contributed by atoms with van der Waals surface area (Å²) in [7, 11) is 0. The van der Waals surface area contributed by atoms with Gasteiger partial charge in [-0.1, -0.05) is 37.3 Å². The van der Waals surface area contributed by atoms with Gasteiger partial charge in [-0.15, -0.1) is 11.3 Å². The minimum Gasteiger partial charge on any atom is -0.203 e. The predicted octanol–water partition coefficient (Wildman–Crippen LogP) is 6.88. The van der Waals surface area contributed by atoms with E-state index in [0.717, 1.165) is 29.2 Å². The smallest absolute Gasteiger partial charge is 0.168 e. The molecule has 25 heavy (non-hydrogen) atoms. The molecular weight excluding hydrogens is 334 g/mol. The van der Waals surface area contributed by atoms with Crippen LogP contribution in [0.4, 0.5) is 8.78 Å². The van der Waals surface area contributed by atoms with E-state index in [0.29, 0.717) is 11.1 Å². The highest BCUT2D eigenvalue weighted by Gasteiger charge is 2.21. The minimum absolute atomic E-state index is 0.325. The van der Waals surface area contributed by atoms with Gasteiger partial charge in [-0.3, -0.25) is 0 Å². The number of aryl methyl sites for hydroxylation is 1. The zero-order valence-corrected chi connectivity index (χ0v) is 15.0. The van der Waals surface area contributed by atoms with Crippen molar-refractivity contribution in [3.63, 3.8) is 0 Å². The fraction of sp³-hybridized carbons (Fsp3) is 0.273. The van der Waals surface area contributed by atoms with E-state index in [9.17, 15) is 8.78 Å². The lowest BCUT2D eigenvalue weighted by Gasteiger charge is -2.09. The zero-order chi connectivity index (χ0) is 17.4. The van der Waals surface area contributed by atoms with Crippen molar-refractivity contribution in [2.45, 2.75) is 32.6 Å². The molecule has 2 aromatic carbocycles. The van der Waals surface area contributed by atoms with Crippen LogP contribution in [-0.2, 0) is 12.8 Å². The van der Waals surface area contributed by atoms with E-state index >= 15 is 0 Å². The molecule has 1 heterocycles. The molecule has 0 nitrogen and oxygen atoms in total. The molecular formula is C22H20F2S. The zero-order valence-electron chi connectivity index (χ0n) is 14.2. The summed E-state index contributed by atoms with van der Waals surface area (Å²) in [5, 5.41) is 0. The first-order valence-electron chi connectivity index (χ1n) is 8.82. The van der Waals surface area contributed by atoms with Crippen LogP contribution in [-0.4, -0.2) is 0 Å². The summed E-state index contributed by atoms with van der Waals surface area (Å²) in [6.07, 6.45) is 4.62. The number of halogens is 2. The third kappa shape index (κ3) is 3.38. The SMILES string of the molecule is CCc1ccc(-c2ccc(-c3ccc(CC4CC4)cc3)c(F)c2F)s1. The third-order valence-electron chi connectivity index (χ3n) is 4.84. The number of benzene rings is 2. The van der Waals surface area contributed by atoms with Crippen molar-refractivity contribution in [1.82, 2.24) is 0 Å². The van der Waals surface area contributed by atoms with Gasteiger partial charge < -0.3 is 0 Å². The van der Waals surface area contributed by atoms with E-state index in [1.54, 1.807) is 12.1 Å². The van der Waals surface area contributed by atoms with Crippen LogP contribution in [0.25, 0.3) is 21.6 Å². The molecule has 0 spiro atoms. The van der Waals surface area contributed by atoms with Gasteiger partial charge in [0, 0.05) is 20.9 Å². The molecule has 0 saturated heterocycles. The van der Waals surface area contributed by atoms with E-state index in [-0.39, 0.29) is 0 Å². The van der Waals surface area contributed by atoms with E-state index in [1.165, 1.54) is 34.6 Å². The van der Waals surface area contributed by atoms with Gasteiger partial charge in [0.05, 0.1) is 0 Å². The summed E-state index contributed by atoms with van der Waals surface area (Å²) in [4.78, 5) is 1.95. The van der Waals surface area contributed by atoms with Crippen LogP contribution in [0.5, 0.6) is 0 Å². The van der Waals surface area contributed by atoms with Crippen LogP contribution in [0, 0.1) is 17.6 Å². The van der Waals surface area contributed by atoms with Crippen LogP contribution in [0.2, 0.25) is 0 Å². The maximum atomic E-state index is 14.7. The molecule has 0 radical (unpaired) electrons.